The average Bonchev–Trinajstić information content (AvgIpc) is 3.48. The molecule has 0 aliphatic heterocycles. The Bertz CT molecular complexity index is 810. The van der Waals surface area contributed by atoms with Crippen LogP contribution in [0.4, 0.5) is 0 Å². The zero-order valence-corrected chi connectivity index (χ0v) is 15.3. The summed E-state index contributed by atoms with van der Waals surface area (Å²) in [5, 5.41) is 5.63. The lowest BCUT2D eigenvalue weighted by Gasteiger charge is -2.23. The van der Waals surface area contributed by atoms with Crippen molar-refractivity contribution in [2.45, 2.75) is 31.2 Å². The highest BCUT2D eigenvalue weighted by atomic mass is 16.5. The van der Waals surface area contributed by atoms with Gasteiger partial charge in [0.1, 0.15) is 11.8 Å². The van der Waals surface area contributed by atoms with E-state index >= 15 is 0 Å². The minimum atomic E-state index is -0.704. The topological polar surface area (TPSA) is 67.4 Å². The van der Waals surface area contributed by atoms with Crippen LogP contribution in [0.2, 0.25) is 0 Å². The molecule has 5 nitrogen and oxygen atoms in total. The fourth-order valence-electron chi connectivity index (χ4n) is 3.29. The predicted molar refractivity (Wildman–Crippen MR) is 100 cm³/mol. The van der Waals surface area contributed by atoms with Gasteiger partial charge in [0.25, 0.3) is 0 Å². The number of nitrogens with one attached hydrogen (secondary N) is 2. The number of hydrogen-bond acceptors (Lipinski definition) is 3. The van der Waals surface area contributed by atoms with Gasteiger partial charge >= 0.3 is 0 Å². The first-order chi connectivity index (χ1) is 12.5. The summed E-state index contributed by atoms with van der Waals surface area (Å²) in [6.45, 7) is 1.94. The highest BCUT2D eigenvalue weighted by Gasteiger charge is 2.52. The third-order valence-corrected chi connectivity index (χ3v) is 5.11. The monoisotopic (exact) mass is 352 g/mol. The van der Waals surface area contributed by atoms with Crippen molar-refractivity contribution >= 4 is 11.8 Å². The Morgan fingerprint density at radius 3 is 2.27 bits per heavy atom. The first kappa shape index (κ1) is 18.0. The van der Waals surface area contributed by atoms with E-state index in [9.17, 15) is 9.59 Å². The lowest BCUT2D eigenvalue weighted by molar-refractivity contribution is -0.130. The van der Waals surface area contributed by atoms with Crippen molar-refractivity contribution in [3.05, 3.63) is 65.2 Å². The van der Waals surface area contributed by atoms with Crippen molar-refractivity contribution in [3.63, 3.8) is 0 Å². The summed E-state index contributed by atoms with van der Waals surface area (Å²) in [6, 6.07) is 14.5. The lowest BCUT2D eigenvalue weighted by Crippen LogP contribution is -2.43. The van der Waals surface area contributed by atoms with Gasteiger partial charge in [0, 0.05) is 7.05 Å². The van der Waals surface area contributed by atoms with Crippen LogP contribution in [-0.4, -0.2) is 26.0 Å². The first-order valence-electron chi connectivity index (χ1n) is 8.74. The van der Waals surface area contributed by atoms with Crippen molar-refractivity contribution < 1.29 is 14.3 Å². The fraction of sp³-hybridized carbons (Fsp3) is 0.333. The van der Waals surface area contributed by atoms with Gasteiger partial charge in [-0.3, -0.25) is 9.59 Å². The number of likely N-dealkylation sites (N-methyl/N-ethyl adjacent to an activating group) is 1. The fourth-order valence-corrected chi connectivity index (χ4v) is 3.29. The Kier molecular flexibility index (Phi) is 4.98. The van der Waals surface area contributed by atoms with Crippen LogP contribution in [-0.2, 0) is 15.0 Å². The van der Waals surface area contributed by atoms with E-state index in [-0.39, 0.29) is 11.8 Å². The van der Waals surface area contributed by atoms with E-state index in [0.717, 1.165) is 35.3 Å². The molecule has 0 bridgehead atoms. The number of rotatable bonds is 6. The molecule has 2 aromatic carbocycles. The van der Waals surface area contributed by atoms with Crippen molar-refractivity contribution in [2.24, 2.45) is 0 Å². The third-order valence-electron chi connectivity index (χ3n) is 5.11. The summed E-state index contributed by atoms with van der Waals surface area (Å²) in [5.74, 6) is 0.422. The van der Waals surface area contributed by atoms with Crippen LogP contribution in [0.25, 0.3) is 0 Å². The molecule has 3 rings (SSSR count). The number of amides is 2. The SMILES string of the molecule is CNC(=O)C(NC(=O)C1(c2ccc(OC)cc2)CC1)c1ccccc1C. The van der Waals surface area contributed by atoms with Gasteiger partial charge in [0.2, 0.25) is 11.8 Å². The van der Waals surface area contributed by atoms with E-state index in [1.165, 1.54) is 0 Å². The smallest absolute Gasteiger partial charge is 0.246 e. The second-order valence-corrected chi connectivity index (χ2v) is 6.69. The summed E-state index contributed by atoms with van der Waals surface area (Å²) < 4.78 is 5.19. The summed E-state index contributed by atoms with van der Waals surface area (Å²) in [7, 11) is 3.20. The highest BCUT2D eigenvalue weighted by Crippen LogP contribution is 2.49. The number of carbonyl (C=O) groups is 2. The Morgan fingerprint density at radius 2 is 1.73 bits per heavy atom. The van der Waals surface area contributed by atoms with Crippen LogP contribution < -0.4 is 15.4 Å². The van der Waals surface area contributed by atoms with E-state index in [1.54, 1.807) is 14.2 Å². The zero-order valence-electron chi connectivity index (χ0n) is 15.3. The molecule has 0 aromatic heterocycles. The maximum absolute atomic E-state index is 13.1. The summed E-state index contributed by atoms with van der Waals surface area (Å²) >= 11 is 0. The second-order valence-electron chi connectivity index (χ2n) is 6.69. The largest absolute Gasteiger partial charge is 0.497 e. The van der Waals surface area contributed by atoms with Crippen LogP contribution in [0, 0.1) is 6.92 Å². The first-order valence-corrected chi connectivity index (χ1v) is 8.74. The quantitative estimate of drug-likeness (QED) is 0.840. The number of carbonyl (C=O) groups excluding carboxylic acids is 2. The number of methoxy groups -OCH3 is 1. The van der Waals surface area contributed by atoms with E-state index < -0.39 is 11.5 Å². The molecule has 0 radical (unpaired) electrons. The van der Waals surface area contributed by atoms with Gasteiger partial charge in [-0.1, -0.05) is 36.4 Å². The molecule has 26 heavy (non-hydrogen) atoms. The normalized spacial score (nSPS) is 15.7. The summed E-state index contributed by atoms with van der Waals surface area (Å²) in [4.78, 5) is 25.5. The van der Waals surface area contributed by atoms with Crippen LogP contribution in [0.1, 0.15) is 35.6 Å². The molecule has 1 aliphatic rings. The molecule has 2 N–H and O–H groups in total. The number of hydrogen-bond donors (Lipinski definition) is 2. The van der Waals surface area contributed by atoms with Crippen molar-refractivity contribution in [2.75, 3.05) is 14.2 Å². The molecule has 5 heteroatoms. The van der Waals surface area contributed by atoms with Crippen molar-refractivity contribution in [1.82, 2.24) is 10.6 Å². The Morgan fingerprint density at radius 1 is 1.08 bits per heavy atom. The van der Waals surface area contributed by atoms with Gasteiger partial charge in [-0.2, -0.15) is 0 Å². The van der Waals surface area contributed by atoms with Gasteiger partial charge in [0.15, 0.2) is 0 Å². The molecule has 1 saturated carbocycles. The zero-order chi connectivity index (χ0) is 18.7. The number of benzene rings is 2. The predicted octanol–water partition coefficient (Wildman–Crippen LogP) is 2.64. The number of aryl methyl sites for hydroxylation is 1. The average molecular weight is 352 g/mol. The van der Waals surface area contributed by atoms with Crippen molar-refractivity contribution in [1.29, 1.82) is 0 Å². The minimum Gasteiger partial charge on any atom is -0.497 e. The summed E-state index contributed by atoms with van der Waals surface area (Å²) in [5.41, 5.74) is 2.18. The number of ether oxygens (including phenoxy) is 1. The van der Waals surface area contributed by atoms with Gasteiger partial charge in [0.05, 0.1) is 12.5 Å². The maximum atomic E-state index is 13.1. The maximum Gasteiger partial charge on any atom is 0.246 e. The van der Waals surface area contributed by atoms with Gasteiger partial charge in [-0.15, -0.1) is 0 Å². The molecular weight excluding hydrogens is 328 g/mol. The van der Waals surface area contributed by atoms with E-state index in [0.29, 0.717) is 0 Å². The summed E-state index contributed by atoms with van der Waals surface area (Å²) in [6.07, 6.45) is 1.55. The molecule has 0 saturated heterocycles. The molecular formula is C21H24N2O3. The third kappa shape index (κ3) is 3.29. The van der Waals surface area contributed by atoms with Gasteiger partial charge in [-0.05, 0) is 48.6 Å². The molecule has 2 amide bonds. The molecule has 1 fully saturated rings. The van der Waals surface area contributed by atoms with E-state index in [2.05, 4.69) is 10.6 Å². The second kappa shape index (κ2) is 7.20. The minimum absolute atomic E-state index is 0.112. The lowest BCUT2D eigenvalue weighted by atomic mass is 9.93. The molecule has 0 heterocycles. The Labute approximate surface area is 153 Å². The molecule has 1 aliphatic carbocycles. The Balaban J connectivity index is 1.86. The molecule has 0 spiro atoms. The van der Waals surface area contributed by atoms with Crippen LogP contribution in [0.15, 0.2) is 48.5 Å². The molecule has 1 unspecified atom stereocenters. The van der Waals surface area contributed by atoms with Crippen LogP contribution in [0.3, 0.4) is 0 Å². The van der Waals surface area contributed by atoms with Crippen molar-refractivity contribution in [3.8, 4) is 5.75 Å². The van der Waals surface area contributed by atoms with E-state index in [1.807, 2.05) is 55.5 Å². The highest BCUT2D eigenvalue weighted by molar-refractivity contribution is 5.95. The van der Waals surface area contributed by atoms with Crippen LogP contribution in [0.5, 0.6) is 5.75 Å². The van der Waals surface area contributed by atoms with Gasteiger partial charge < -0.3 is 15.4 Å². The Hall–Kier alpha value is -2.82. The van der Waals surface area contributed by atoms with Crippen LogP contribution >= 0.6 is 0 Å². The van der Waals surface area contributed by atoms with Gasteiger partial charge in [-0.25, -0.2) is 0 Å². The molecule has 1 atom stereocenters. The molecule has 136 valence electrons. The van der Waals surface area contributed by atoms with E-state index in [4.69, 9.17) is 4.74 Å². The standard InChI is InChI=1S/C21H24N2O3/c1-14-6-4-5-7-17(14)18(19(24)22-2)23-20(25)21(12-13-21)15-8-10-16(26-3)11-9-15/h4-11,18H,12-13H2,1-3H3,(H,22,24)(H,23,25). The molecule has 2 aromatic rings.